The average Bonchev–Trinajstić information content (AvgIpc) is 2.82. The number of hydrogen-bond acceptors (Lipinski definition) is 2. The fraction of sp³-hybridized carbons (Fsp3) is 0.179. The quantitative estimate of drug-likeness (QED) is 0.411. The number of carbonyl (C=O) groups is 1. The summed E-state index contributed by atoms with van der Waals surface area (Å²) >= 11 is 0. The molecule has 4 aromatic rings. The zero-order valence-corrected chi connectivity index (χ0v) is 18.1. The van der Waals surface area contributed by atoms with E-state index in [9.17, 15) is 4.79 Å². The Kier molecular flexibility index (Phi) is 6.44. The second kappa shape index (κ2) is 9.59. The normalized spacial score (nSPS) is 12.1. The topological polar surface area (TPSA) is 32.3 Å². The molecule has 0 fully saturated rings. The van der Waals surface area contributed by atoms with Crippen LogP contribution in [0.2, 0.25) is 0 Å². The minimum Gasteiger partial charge on any atom is -0.345 e. The van der Waals surface area contributed by atoms with Gasteiger partial charge < -0.3 is 10.2 Å². The van der Waals surface area contributed by atoms with Gasteiger partial charge in [0.2, 0.25) is 0 Å². The third-order valence-corrected chi connectivity index (χ3v) is 5.60. The lowest BCUT2D eigenvalue weighted by molar-refractivity contribution is 0.0933. The van der Waals surface area contributed by atoms with Crippen molar-refractivity contribution in [2.75, 3.05) is 20.6 Å². The van der Waals surface area contributed by atoms with E-state index in [4.69, 9.17) is 0 Å². The molecule has 0 aliphatic carbocycles. The molecular formula is C28H28N2O. The van der Waals surface area contributed by atoms with Crippen molar-refractivity contribution in [1.82, 2.24) is 10.2 Å². The van der Waals surface area contributed by atoms with Gasteiger partial charge in [-0.15, -0.1) is 0 Å². The van der Waals surface area contributed by atoms with Crippen LogP contribution >= 0.6 is 0 Å². The fourth-order valence-electron chi connectivity index (χ4n) is 3.82. The molecule has 31 heavy (non-hydrogen) atoms. The average molecular weight is 409 g/mol. The van der Waals surface area contributed by atoms with Gasteiger partial charge in [0.1, 0.15) is 0 Å². The maximum atomic E-state index is 13.1. The summed E-state index contributed by atoms with van der Waals surface area (Å²) in [6, 6.07) is 32.8. The lowest BCUT2D eigenvalue weighted by atomic mass is 9.98. The first-order valence-electron chi connectivity index (χ1n) is 10.7. The highest BCUT2D eigenvalue weighted by molar-refractivity contribution is 5.95. The van der Waals surface area contributed by atoms with E-state index in [1.807, 2.05) is 54.6 Å². The van der Waals surface area contributed by atoms with Gasteiger partial charge in [-0.2, -0.15) is 0 Å². The number of nitrogens with zero attached hydrogens (tertiary/aromatic N) is 1. The van der Waals surface area contributed by atoms with E-state index in [-0.39, 0.29) is 11.9 Å². The molecule has 1 atom stereocenters. The Morgan fingerprint density at radius 3 is 2.13 bits per heavy atom. The number of rotatable bonds is 7. The molecular weight excluding hydrogens is 380 g/mol. The highest BCUT2D eigenvalue weighted by Crippen LogP contribution is 2.24. The smallest absolute Gasteiger partial charge is 0.251 e. The number of nitrogens with one attached hydrogen (secondary N) is 1. The third-order valence-electron chi connectivity index (χ3n) is 5.60. The first-order valence-corrected chi connectivity index (χ1v) is 10.7. The van der Waals surface area contributed by atoms with Crippen LogP contribution in [0, 0.1) is 0 Å². The molecule has 3 heteroatoms. The maximum absolute atomic E-state index is 13.1. The number of fused-ring (bicyclic) bond motifs is 1. The van der Waals surface area contributed by atoms with Crippen LogP contribution in [0.15, 0.2) is 97.1 Å². The van der Waals surface area contributed by atoms with Crippen LogP contribution in [0.4, 0.5) is 0 Å². The van der Waals surface area contributed by atoms with Gasteiger partial charge >= 0.3 is 0 Å². The number of hydrogen-bond donors (Lipinski definition) is 1. The van der Waals surface area contributed by atoms with E-state index in [1.165, 1.54) is 10.8 Å². The third kappa shape index (κ3) is 5.19. The molecule has 0 aliphatic heterocycles. The summed E-state index contributed by atoms with van der Waals surface area (Å²) in [5, 5.41) is 5.66. The van der Waals surface area contributed by atoms with Crippen LogP contribution in [0.25, 0.3) is 21.9 Å². The van der Waals surface area contributed by atoms with Crippen molar-refractivity contribution in [3.63, 3.8) is 0 Å². The minimum atomic E-state index is -0.0479. The Labute approximate surface area is 184 Å². The van der Waals surface area contributed by atoms with Crippen LogP contribution in [-0.2, 0) is 0 Å². The van der Waals surface area contributed by atoms with Crippen molar-refractivity contribution < 1.29 is 4.79 Å². The van der Waals surface area contributed by atoms with Crippen LogP contribution in [0.5, 0.6) is 0 Å². The Hall–Kier alpha value is -3.43. The van der Waals surface area contributed by atoms with E-state index in [0.29, 0.717) is 5.56 Å². The first kappa shape index (κ1) is 20.8. The maximum Gasteiger partial charge on any atom is 0.251 e. The molecule has 0 spiro atoms. The number of benzene rings is 4. The molecule has 0 bridgehead atoms. The summed E-state index contributed by atoms with van der Waals surface area (Å²) in [5.41, 5.74) is 4.07. The Morgan fingerprint density at radius 1 is 0.774 bits per heavy atom. The van der Waals surface area contributed by atoms with Gasteiger partial charge in [0.25, 0.3) is 5.91 Å². The molecule has 0 aliphatic rings. The molecule has 1 amide bonds. The van der Waals surface area contributed by atoms with Crippen molar-refractivity contribution in [2.24, 2.45) is 0 Å². The van der Waals surface area contributed by atoms with Crippen LogP contribution < -0.4 is 5.32 Å². The predicted molar refractivity (Wildman–Crippen MR) is 129 cm³/mol. The lowest BCUT2D eigenvalue weighted by Gasteiger charge is -2.22. The predicted octanol–water partition coefficient (Wildman–Crippen LogP) is 5.93. The second-order valence-corrected chi connectivity index (χ2v) is 8.17. The summed E-state index contributed by atoms with van der Waals surface area (Å²) in [7, 11) is 4.11. The zero-order valence-electron chi connectivity index (χ0n) is 18.1. The van der Waals surface area contributed by atoms with Gasteiger partial charge in [0.05, 0.1) is 6.04 Å². The summed E-state index contributed by atoms with van der Waals surface area (Å²) < 4.78 is 0. The molecule has 0 heterocycles. The van der Waals surface area contributed by atoms with Gasteiger partial charge in [-0.3, -0.25) is 4.79 Å². The largest absolute Gasteiger partial charge is 0.345 e. The SMILES string of the molecule is CN(C)CCC(NC(=O)c1ccc(-c2ccccc2)cc1)c1ccc2ccccc2c1. The van der Waals surface area contributed by atoms with Crippen LogP contribution in [0.3, 0.4) is 0 Å². The molecule has 1 unspecified atom stereocenters. The monoisotopic (exact) mass is 408 g/mol. The number of carbonyl (C=O) groups excluding carboxylic acids is 1. The van der Waals surface area contributed by atoms with Crippen molar-refractivity contribution in [3.05, 3.63) is 108 Å². The first-order chi connectivity index (χ1) is 15.1. The summed E-state index contributed by atoms with van der Waals surface area (Å²) in [5.74, 6) is -0.0449. The molecule has 0 saturated carbocycles. The van der Waals surface area contributed by atoms with Crippen molar-refractivity contribution in [3.8, 4) is 11.1 Å². The van der Waals surface area contributed by atoms with Crippen LogP contribution in [-0.4, -0.2) is 31.4 Å². The fourth-order valence-corrected chi connectivity index (χ4v) is 3.82. The van der Waals surface area contributed by atoms with Crippen molar-refractivity contribution in [2.45, 2.75) is 12.5 Å². The van der Waals surface area contributed by atoms with Gasteiger partial charge in [-0.05, 0) is 72.7 Å². The lowest BCUT2D eigenvalue weighted by Crippen LogP contribution is -2.31. The molecule has 0 radical (unpaired) electrons. The summed E-state index contributed by atoms with van der Waals surface area (Å²) in [6.45, 7) is 0.894. The highest BCUT2D eigenvalue weighted by atomic mass is 16.1. The molecule has 1 N–H and O–H groups in total. The standard InChI is InChI=1S/C28H28N2O/c1-30(2)19-18-27(26-17-14-22-10-6-7-11-25(22)20-26)29-28(31)24-15-12-23(13-16-24)21-8-4-3-5-9-21/h3-17,20,27H,18-19H2,1-2H3,(H,29,31). The number of amides is 1. The Bertz CT molecular complexity index is 1150. The van der Waals surface area contributed by atoms with Crippen LogP contribution in [0.1, 0.15) is 28.4 Å². The highest BCUT2D eigenvalue weighted by Gasteiger charge is 2.17. The molecule has 4 rings (SSSR count). The van der Waals surface area contributed by atoms with E-state index >= 15 is 0 Å². The molecule has 0 saturated heterocycles. The molecule has 156 valence electrons. The van der Waals surface area contributed by atoms with Gasteiger partial charge in [-0.1, -0.05) is 78.9 Å². The van der Waals surface area contributed by atoms with Crippen molar-refractivity contribution >= 4 is 16.7 Å². The second-order valence-electron chi connectivity index (χ2n) is 8.17. The van der Waals surface area contributed by atoms with E-state index in [2.05, 4.69) is 66.8 Å². The van der Waals surface area contributed by atoms with E-state index in [0.717, 1.165) is 29.7 Å². The Morgan fingerprint density at radius 2 is 1.42 bits per heavy atom. The molecule has 3 nitrogen and oxygen atoms in total. The summed E-state index contributed by atoms with van der Waals surface area (Å²) in [6.07, 6.45) is 0.846. The van der Waals surface area contributed by atoms with Crippen molar-refractivity contribution in [1.29, 1.82) is 0 Å². The van der Waals surface area contributed by atoms with Gasteiger partial charge in [-0.25, -0.2) is 0 Å². The van der Waals surface area contributed by atoms with Gasteiger partial charge in [0, 0.05) is 5.56 Å². The van der Waals surface area contributed by atoms with E-state index in [1.54, 1.807) is 0 Å². The minimum absolute atomic E-state index is 0.0449. The van der Waals surface area contributed by atoms with Gasteiger partial charge in [0.15, 0.2) is 0 Å². The summed E-state index contributed by atoms with van der Waals surface area (Å²) in [4.78, 5) is 15.2. The van der Waals surface area contributed by atoms with E-state index < -0.39 is 0 Å². The molecule has 0 aromatic heterocycles. The Balaban J connectivity index is 1.55. The molecule has 4 aromatic carbocycles. The zero-order chi connectivity index (χ0) is 21.6.